The molecule has 1 N–H and O–H groups in total. The highest BCUT2D eigenvalue weighted by Gasteiger charge is 2.25. The predicted octanol–water partition coefficient (Wildman–Crippen LogP) is 3.08. The summed E-state index contributed by atoms with van der Waals surface area (Å²) in [6.45, 7) is 1.88. The van der Waals surface area contributed by atoms with Crippen molar-refractivity contribution in [2.75, 3.05) is 0 Å². The summed E-state index contributed by atoms with van der Waals surface area (Å²) in [4.78, 5) is 15.8. The first kappa shape index (κ1) is 11.3. The standard InChI is InChI=1S/C14H12N2OS/c1-9-13(17)16-14(18-9)15-12-7-6-10-4-2-3-5-11(10)8-12/h2-9H,1H3,(H,15,16,17)/t9-/m0/s1. The van der Waals surface area contributed by atoms with Gasteiger partial charge in [0.15, 0.2) is 5.17 Å². The largest absolute Gasteiger partial charge is 0.304 e. The van der Waals surface area contributed by atoms with E-state index in [2.05, 4.69) is 22.4 Å². The molecule has 1 aliphatic heterocycles. The molecule has 1 aliphatic rings. The maximum Gasteiger partial charge on any atom is 0.239 e. The summed E-state index contributed by atoms with van der Waals surface area (Å²) in [6, 6.07) is 14.2. The van der Waals surface area contributed by atoms with Gasteiger partial charge in [0.2, 0.25) is 5.91 Å². The van der Waals surface area contributed by atoms with Crippen LogP contribution in [-0.4, -0.2) is 16.3 Å². The Balaban J connectivity index is 1.96. The Labute approximate surface area is 109 Å². The van der Waals surface area contributed by atoms with Gasteiger partial charge in [0, 0.05) is 0 Å². The average molecular weight is 256 g/mol. The van der Waals surface area contributed by atoms with Crippen molar-refractivity contribution < 1.29 is 4.79 Å². The number of carbonyl (C=O) groups is 1. The van der Waals surface area contributed by atoms with E-state index in [-0.39, 0.29) is 11.2 Å². The third kappa shape index (κ3) is 2.11. The van der Waals surface area contributed by atoms with Crippen LogP contribution in [0.2, 0.25) is 0 Å². The van der Waals surface area contributed by atoms with Gasteiger partial charge in [0.25, 0.3) is 0 Å². The van der Waals surface area contributed by atoms with Gasteiger partial charge in [-0.15, -0.1) is 0 Å². The van der Waals surface area contributed by atoms with Crippen LogP contribution in [0.25, 0.3) is 10.8 Å². The molecular formula is C14H12N2OS. The minimum absolute atomic E-state index is 0.0274. The van der Waals surface area contributed by atoms with Crippen LogP contribution in [0.5, 0.6) is 0 Å². The molecular weight excluding hydrogens is 244 g/mol. The van der Waals surface area contributed by atoms with Crippen LogP contribution in [0.4, 0.5) is 5.69 Å². The normalized spacial score (nSPS) is 21.5. The number of amides is 1. The van der Waals surface area contributed by atoms with Gasteiger partial charge < -0.3 is 5.32 Å². The highest BCUT2D eigenvalue weighted by molar-refractivity contribution is 8.15. The summed E-state index contributed by atoms with van der Waals surface area (Å²) in [5.74, 6) is 0.0274. The average Bonchev–Trinajstić information content (AvgIpc) is 2.68. The molecule has 1 saturated heterocycles. The third-order valence-corrected chi connectivity index (χ3v) is 3.84. The van der Waals surface area contributed by atoms with Gasteiger partial charge in [-0.05, 0) is 29.8 Å². The highest BCUT2D eigenvalue weighted by atomic mass is 32.2. The lowest BCUT2D eigenvalue weighted by Crippen LogP contribution is -2.23. The van der Waals surface area contributed by atoms with Crippen LogP contribution in [0, 0.1) is 0 Å². The van der Waals surface area contributed by atoms with Gasteiger partial charge in [-0.25, -0.2) is 4.99 Å². The van der Waals surface area contributed by atoms with Crippen molar-refractivity contribution in [1.82, 2.24) is 5.32 Å². The second-order valence-electron chi connectivity index (χ2n) is 4.20. The topological polar surface area (TPSA) is 41.5 Å². The summed E-state index contributed by atoms with van der Waals surface area (Å²) in [7, 11) is 0. The lowest BCUT2D eigenvalue weighted by atomic mass is 10.1. The minimum atomic E-state index is -0.0517. The summed E-state index contributed by atoms with van der Waals surface area (Å²) < 4.78 is 0. The van der Waals surface area contributed by atoms with Gasteiger partial charge in [0.1, 0.15) is 0 Å². The van der Waals surface area contributed by atoms with E-state index >= 15 is 0 Å². The van der Waals surface area contributed by atoms with Crippen LogP contribution in [-0.2, 0) is 4.79 Å². The van der Waals surface area contributed by atoms with E-state index in [9.17, 15) is 4.79 Å². The second-order valence-corrected chi connectivity index (χ2v) is 5.53. The lowest BCUT2D eigenvalue weighted by molar-refractivity contribution is -0.118. The van der Waals surface area contributed by atoms with E-state index in [1.807, 2.05) is 37.3 Å². The Kier molecular flexibility index (Phi) is 2.80. The molecule has 1 heterocycles. The zero-order chi connectivity index (χ0) is 12.5. The molecule has 0 radical (unpaired) electrons. The zero-order valence-corrected chi connectivity index (χ0v) is 10.7. The number of rotatable bonds is 1. The third-order valence-electron chi connectivity index (χ3n) is 2.85. The summed E-state index contributed by atoms with van der Waals surface area (Å²) in [5.41, 5.74) is 0.866. The van der Waals surface area contributed by atoms with Crippen molar-refractivity contribution in [3.63, 3.8) is 0 Å². The Bertz CT molecular complexity index is 651. The van der Waals surface area contributed by atoms with Crippen LogP contribution in [0.15, 0.2) is 47.5 Å². The Morgan fingerprint density at radius 3 is 2.67 bits per heavy atom. The van der Waals surface area contributed by atoms with E-state index in [1.165, 1.54) is 17.1 Å². The first-order valence-corrected chi connectivity index (χ1v) is 6.65. The molecule has 1 atom stereocenters. The number of benzene rings is 2. The second kappa shape index (κ2) is 4.46. The van der Waals surface area contributed by atoms with Gasteiger partial charge in [-0.3, -0.25) is 4.79 Å². The molecule has 18 heavy (non-hydrogen) atoms. The van der Waals surface area contributed by atoms with Crippen molar-refractivity contribution >= 4 is 39.3 Å². The number of fused-ring (bicyclic) bond motifs is 1. The Morgan fingerprint density at radius 1 is 1.17 bits per heavy atom. The Hall–Kier alpha value is -1.81. The summed E-state index contributed by atoms with van der Waals surface area (Å²) in [6.07, 6.45) is 0. The SMILES string of the molecule is C[C@@H]1SC(=Nc2ccc3ccccc3c2)NC1=O. The number of hydrogen-bond acceptors (Lipinski definition) is 3. The molecule has 2 aromatic rings. The van der Waals surface area contributed by atoms with Crippen LogP contribution in [0.3, 0.4) is 0 Å². The molecule has 0 aliphatic carbocycles. The van der Waals surface area contributed by atoms with Gasteiger partial charge in [-0.1, -0.05) is 42.1 Å². The van der Waals surface area contributed by atoms with Gasteiger partial charge >= 0.3 is 0 Å². The zero-order valence-electron chi connectivity index (χ0n) is 9.88. The fraction of sp³-hybridized carbons (Fsp3) is 0.143. The van der Waals surface area contributed by atoms with Gasteiger partial charge in [0.05, 0.1) is 10.9 Å². The molecule has 4 heteroatoms. The number of hydrogen-bond donors (Lipinski definition) is 1. The maximum atomic E-state index is 11.4. The van der Waals surface area contributed by atoms with E-state index in [4.69, 9.17) is 0 Å². The summed E-state index contributed by atoms with van der Waals surface area (Å²) >= 11 is 1.46. The molecule has 0 bridgehead atoms. The number of nitrogens with zero attached hydrogens (tertiary/aromatic N) is 1. The number of carbonyl (C=O) groups excluding carboxylic acids is 1. The highest BCUT2D eigenvalue weighted by Crippen LogP contribution is 2.25. The molecule has 0 aromatic heterocycles. The molecule has 0 unspecified atom stereocenters. The predicted molar refractivity (Wildman–Crippen MR) is 76.2 cm³/mol. The first-order chi connectivity index (χ1) is 8.72. The molecule has 3 rings (SSSR count). The quantitative estimate of drug-likeness (QED) is 0.852. The van der Waals surface area contributed by atoms with Crippen molar-refractivity contribution in [3.8, 4) is 0 Å². The molecule has 90 valence electrons. The van der Waals surface area contributed by atoms with E-state index in [1.54, 1.807) is 0 Å². The molecule has 0 spiro atoms. The molecule has 2 aromatic carbocycles. The molecule has 0 saturated carbocycles. The van der Waals surface area contributed by atoms with Crippen LogP contribution in [0.1, 0.15) is 6.92 Å². The smallest absolute Gasteiger partial charge is 0.239 e. The van der Waals surface area contributed by atoms with Crippen molar-refractivity contribution in [3.05, 3.63) is 42.5 Å². The molecule has 1 fully saturated rings. The van der Waals surface area contributed by atoms with Crippen LogP contribution < -0.4 is 5.32 Å². The fourth-order valence-corrected chi connectivity index (χ4v) is 2.69. The van der Waals surface area contributed by atoms with Crippen molar-refractivity contribution in [2.45, 2.75) is 12.2 Å². The number of thioether (sulfide) groups is 1. The maximum absolute atomic E-state index is 11.4. The van der Waals surface area contributed by atoms with E-state index in [0.717, 1.165) is 11.1 Å². The van der Waals surface area contributed by atoms with Crippen molar-refractivity contribution in [2.24, 2.45) is 4.99 Å². The van der Waals surface area contributed by atoms with Crippen molar-refractivity contribution in [1.29, 1.82) is 0 Å². The lowest BCUT2D eigenvalue weighted by Gasteiger charge is -2.00. The Morgan fingerprint density at radius 2 is 1.94 bits per heavy atom. The first-order valence-electron chi connectivity index (χ1n) is 5.77. The number of aliphatic imine (C=N–C) groups is 1. The number of nitrogens with one attached hydrogen (secondary N) is 1. The monoisotopic (exact) mass is 256 g/mol. The molecule has 3 nitrogen and oxygen atoms in total. The number of amidine groups is 1. The van der Waals surface area contributed by atoms with E-state index < -0.39 is 0 Å². The summed E-state index contributed by atoms with van der Waals surface area (Å²) in [5, 5.41) is 5.75. The van der Waals surface area contributed by atoms with Gasteiger partial charge in [-0.2, -0.15) is 0 Å². The van der Waals surface area contributed by atoms with E-state index in [0.29, 0.717) is 5.17 Å². The minimum Gasteiger partial charge on any atom is -0.304 e. The fourth-order valence-electron chi connectivity index (χ4n) is 1.88. The molecule has 1 amide bonds. The van der Waals surface area contributed by atoms with Crippen LogP contribution >= 0.6 is 11.8 Å².